The van der Waals surface area contributed by atoms with E-state index in [0.29, 0.717) is 26.1 Å². The molecule has 1 aromatic heterocycles. The van der Waals surface area contributed by atoms with Crippen molar-refractivity contribution in [3.63, 3.8) is 0 Å². The van der Waals surface area contributed by atoms with Gasteiger partial charge in [0.1, 0.15) is 0 Å². The smallest absolute Gasteiger partial charge is 0.222 e. The van der Waals surface area contributed by atoms with Crippen LogP contribution in [0.4, 0.5) is 0 Å². The van der Waals surface area contributed by atoms with Crippen molar-refractivity contribution in [2.45, 2.75) is 39.4 Å². The van der Waals surface area contributed by atoms with Gasteiger partial charge in [0.2, 0.25) is 5.91 Å². The normalized spacial score (nSPS) is 14.7. The van der Waals surface area contributed by atoms with Crippen LogP contribution in [0.2, 0.25) is 0 Å². The van der Waals surface area contributed by atoms with Gasteiger partial charge in [0.25, 0.3) is 0 Å². The minimum Gasteiger partial charge on any atom is -0.352 e. The fourth-order valence-electron chi connectivity index (χ4n) is 3.32. The lowest BCUT2D eigenvalue weighted by atomic mass is 10.1. The highest BCUT2D eigenvalue weighted by Crippen LogP contribution is 2.17. The maximum atomic E-state index is 11.9. The van der Waals surface area contributed by atoms with Crippen LogP contribution in [-0.4, -0.2) is 47.3 Å². The number of hydrogen-bond acceptors (Lipinski definition) is 4. The van der Waals surface area contributed by atoms with Gasteiger partial charge in [-0.15, -0.1) is 11.3 Å². The van der Waals surface area contributed by atoms with Gasteiger partial charge in [-0.3, -0.25) is 9.79 Å². The van der Waals surface area contributed by atoms with E-state index in [1.807, 2.05) is 31.0 Å². The standard InChI is InChI=1S/C20H27N5OS/c1-15-23-18(14-27-15)13-24(3)20(21-2)22-11-16-7-4-5-8-17(16)12-25-10-6-9-19(25)26/h4-5,7-8,14H,6,9-13H2,1-3H3,(H,21,22). The molecular formula is C20H27N5OS. The number of nitrogens with zero attached hydrogens (tertiary/aromatic N) is 4. The summed E-state index contributed by atoms with van der Waals surface area (Å²) in [6.07, 6.45) is 1.64. The third-order valence-electron chi connectivity index (χ3n) is 4.73. The Morgan fingerprint density at radius 1 is 1.37 bits per heavy atom. The third-order valence-corrected chi connectivity index (χ3v) is 5.55. The highest BCUT2D eigenvalue weighted by molar-refractivity contribution is 7.09. The van der Waals surface area contributed by atoms with Crippen molar-refractivity contribution in [3.05, 3.63) is 51.5 Å². The van der Waals surface area contributed by atoms with E-state index in [0.717, 1.165) is 29.6 Å². The number of rotatable bonds is 6. The van der Waals surface area contributed by atoms with E-state index in [9.17, 15) is 4.79 Å². The van der Waals surface area contributed by atoms with E-state index in [-0.39, 0.29) is 5.91 Å². The number of aromatic nitrogens is 1. The molecule has 1 aromatic carbocycles. The average Bonchev–Trinajstić information content (AvgIpc) is 3.25. The number of guanidine groups is 1. The minimum atomic E-state index is 0.256. The minimum absolute atomic E-state index is 0.256. The Labute approximate surface area is 164 Å². The number of hydrogen-bond donors (Lipinski definition) is 1. The first-order valence-electron chi connectivity index (χ1n) is 9.24. The molecule has 0 spiro atoms. The molecule has 1 saturated heterocycles. The van der Waals surface area contributed by atoms with Crippen LogP contribution >= 0.6 is 11.3 Å². The molecular weight excluding hydrogens is 358 g/mol. The van der Waals surface area contributed by atoms with Crippen molar-refractivity contribution in [2.75, 3.05) is 20.6 Å². The van der Waals surface area contributed by atoms with Gasteiger partial charge in [-0.1, -0.05) is 24.3 Å². The molecule has 0 aliphatic carbocycles. The van der Waals surface area contributed by atoms with Crippen LogP contribution < -0.4 is 5.32 Å². The summed E-state index contributed by atoms with van der Waals surface area (Å²) in [5.41, 5.74) is 3.43. The molecule has 2 aromatic rings. The van der Waals surface area contributed by atoms with Gasteiger partial charge in [-0.25, -0.2) is 4.98 Å². The van der Waals surface area contributed by atoms with Crippen molar-refractivity contribution < 1.29 is 4.79 Å². The Balaban J connectivity index is 1.61. The molecule has 0 bridgehead atoms. The van der Waals surface area contributed by atoms with Gasteiger partial charge in [-0.2, -0.15) is 0 Å². The fraction of sp³-hybridized carbons (Fsp3) is 0.450. The van der Waals surface area contributed by atoms with E-state index >= 15 is 0 Å². The molecule has 1 aliphatic heterocycles. The summed E-state index contributed by atoms with van der Waals surface area (Å²) in [4.78, 5) is 24.9. The van der Waals surface area contributed by atoms with Crippen LogP contribution in [0, 0.1) is 6.92 Å². The zero-order chi connectivity index (χ0) is 19.2. The molecule has 0 unspecified atom stereocenters. The first-order chi connectivity index (χ1) is 13.1. The van der Waals surface area contributed by atoms with Crippen molar-refractivity contribution in [2.24, 2.45) is 4.99 Å². The number of benzene rings is 1. The largest absolute Gasteiger partial charge is 0.352 e. The molecule has 1 aliphatic rings. The average molecular weight is 386 g/mol. The van der Waals surface area contributed by atoms with E-state index in [2.05, 4.69) is 37.7 Å². The molecule has 0 atom stereocenters. The third kappa shape index (κ3) is 5.07. The van der Waals surface area contributed by atoms with E-state index in [4.69, 9.17) is 0 Å². The molecule has 0 saturated carbocycles. The number of aliphatic imine (C=N–C) groups is 1. The van der Waals surface area contributed by atoms with Gasteiger partial charge < -0.3 is 15.1 Å². The maximum absolute atomic E-state index is 11.9. The molecule has 0 radical (unpaired) electrons. The van der Waals surface area contributed by atoms with E-state index < -0.39 is 0 Å². The van der Waals surface area contributed by atoms with Crippen molar-refractivity contribution >= 4 is 23.2 Å². The maximum Gasteiger partial charge on any atom is 0.222 e. The predicted molar refractivity (Wildman–Crippen MR) is 110 cm³/mol. The molecule has 3 rings (SSSR count). The van der Waals surface area contributed by atoms with Crippen LogP contribution in [0.1, 0.15) is 34.7 Å². The predicted octanol–water partition coefficient (Wildman–Crippen LogP) is 2.78. The Kier molecular flexibility index (Phi) is 6.45. The molecule has 2 heterocycles. The van der Waals surface area contributed by atoms with Crippen LogP contribution in [0.15, 0.2) is 34.6 Å². The Bertz CT molecular complexity index is 816. The van der Waals surface area contributed by atoms with Gasteiger partial charge >= 0.3 is 0 Å². The number of thiazole rings is 1. The molecule has 27 heavy (non-hydrogen) atoms. The summed E-state index contributed by atoms with van der Waals surface area (Å²) < 4.78 is 0. The van der Waals surface area contributed by atoms with E-state index in [1.165, 1.54) is 11.1 Å². The van der Waals surface area contributed by atoms with Crippen LogP contribution in [0.5, 0.6) is 0 Å². The lowest BCUT2D eigenvalue weighted by Crippen LogP contribution is -2.38. The number of nitrogens with one attached hydrogen (secondary N) is 1. The lowest BCUT2D eigenvalue weighted by Gasteiger charge is -2.23. The summed E-state index contributed by atoms with van der Waals surface area (Å²) in [6, 6.07) is 8.29. The topological polar surface area (TPSA) is 60.8 Å². The lowest BCUT2D eigenvalue weighted by molar-refractivity contribution is -0.128. The summed E-state index contributed by atoms with van der Waals surface area (Å²) in [5.74, 6) is 1.08. The highest BCUT2D eigenvalue weighted by Gasteiger charge is 2.21. The molecule has 7 heteroatoms. The first kappa shape index (κ1) is 19.4. The second-order valence-corrected chi connectivity index (χ2v) is 7.86. The highest BCUT2D eigenvalue weighted by atomic mass is 32.1. The second-order valence-electron chi connectivity index (χ2n) is 6.80. The van der Waals surface area contributed by atoms with Gasteiger partial charge in [0.05, 0.1) is 17.2 Å². The Morgan fingerprint density at radius 2 is 2.15 bits per heavy atom. The molecule has 1 N–H and O–H groups in total. The second kappa shape index (κ2) is 8.99. The molecule has 1 fully saturated rings. The fourth-order valence-corrected chi connectivity index (χ4v) is 3.92. The number of aryl methyl sites for hydroxylation is 1. The van der Waals surface area contributed by atoms with Crippen LogP contribution in [0.3, 0.4) is 0 Å². The van der Waals surface area contributed by atoms with Crippen LogP contribution in [0.25, 0.3) is 0 Å². The number of likely N-dealkylation sites (tertiary alicyclic amines) is 1. The molecule has 6 nitrogen and oxygen atoms in total. The number of carbonyl (C=O) groups excluding carboxylic acids is 1. The summed E-state index contributed by atoms with van der Waals surface area (Å²) in [7, 11) is 3.80. The van der Waals surface area contributed by atoms with Crippen molar-refractivity contribution in [3.8, 4) is 0 Å². The number of amides is 1. The summed E-state index contributed by atoms with van der Waals surface area (Å²) >= 11 is 1.66. The van der Waals surface area contributed by atoms with E-state index in [1.54, 1.807) is 18.4 Å². The van der Waals surface area contributed by atoms with Gasteiger partial charge in [-0.05, 0) is 24.5 Å². The quantitative estimate of drug-likeness (QED) is 0.614. The monoisotopic (exact) mass is 385 g/mol. The van der Waals surface area contributed by atoms with Crippen molar-refractivity contribution in [1.29, 1.82) is 0 Å². The SMILES string of the molecule is CN=C(NCc1ccccc1CN1CCCC1=O)N(C)Cc1csc(C)n1. The molecule has 1 amide bonds. The molecule has 144 valence electrons. The number of carbonyl (C=O) groups is 1. The zero-order valence-electron chi connectivity index (χ0n) is 16.2. The summed E-state index contributed by atoms with van der Waals surface area (Å²) in [5, 5.41) is 6.60. The van der Waals surface area contributed by atoms with Gasteiger partial charge in [0, 0.05) is 45.5 Å². The van der Waals surface area contributed by atoms with Crippen LogP contribution in [-0.2, 0) is 24.4 Å². The van der Waals surface area contributed by atoms with Crippen molar-refractivity contribution in [1.82, 2.24) is 20.1 Å². The Hall–Kier alpha value is -2.41. The van der Waals surface area contributed by atoms with Gasteiger partial charge in [0.15, 0.2) is 5.96 Å². The zero-order valence-corrected chi connectivity index (χ0v) is 17.1. The first-order valence-corrected chi connectivity index (χ1v) is 10.1. The Morgan fingerprint density at radius 3 is 2.78 bits per heavy atom. The summed E-state index contributed by atoms with van der Waals surface area (Å²) in [6.45, 7) is 4.95.